The highest BCUT2D eigenvalue weighted by molar-refractivity contribution is 8.13. The van der Waals surface area contributed by atoms with Gasteiger partial charge in [-0.25, -0.2) is 4.79 Å². The molecular weight excluding hydrogens is 350 g/mol. The first-order valence-electron chi connectivity index (χ1n) is 8.54. The summed E-state index contributed by atoms with van der Waals surface area (Å²) in [7, 11) is 3.38. The maximum Gasteiger partial charge on any atom is 0.410 e. The van der Waals surface area contributed by atoms with Gasteiger partial charge in [0.05, 0.1) is 5.56 Å². The van der Waals surface area contributed by atoms with Crippen LogP contribution in [0.15, 0.2) is 17.0 Å². The van der Waals surface area contributed by atoms with Crippen LogP contribution in [-0.2, 0) is 17.6 Å². The fraction of sp³-hybridized carbons (Fsp3) is 0.526. The topological polar surface area (TPSA) is 73.6 Å². The Kier molecular flexibility index (Phi) is 6.19. The summed E-state index contributed by atoms with van der Waals surface area (Å²) in [6.07, 6.45) is 0.932. The molecule has 1 heterocycles. The van der Waals surface area contributed by atoms with Gasteiger partial charge in [0, 0.05) is 32.1 Å². The van der Waals surface area contributed by atoms with Crippen molar-refractivity contribution in [3.63, 3.8) is 0 Å². The number of thioether (sulfide) groups is 1. The lowest BCUT2D eigenvalue weighted by atomic mass is 10.0. The van der Waals surface area contributed by atoms with Crippen LogP contribution in [0.5, 0.6) is 0 Å². The summed E-state index contributed by atoms with van der Waals surface area (Å²) in [5.41, 5.74) is 2.01. The number of amides is 2. The second-order valence-electron chi connectivity index (χ2n) is 7.42. The Labute approximate surface area is 159 Å². The first kappa shape index (κ1) is 20.1. The molecule has 0 bridgehead atoms. The molecule has 2 rings (SSSR count). The molecule has 6 nitrogen and oxygen atoms in total. The molecule has 1 aromatic carbocycles. The van der Waals surface area contributed by atoms with Crippen molar-refractivity contribution in [2.24, 2.45) is 0 Å². The first-order chi connectivity index (χ1) is 12.1. The lowest BCUT2D eigenvalue weighted by Crippen LogP contribution is -2.38. The number of hydrogen-bond acceptors (Lipinski definition) is 5. The molecule has 0 spiro atoms. The van der Waals surface area contributed by atoms with Gasteiger partial charge in [-0.05, 0) is 62.6 Å². The van der Waals surface area contributed by atoms with E-state index in [4.69, 9.17) is 4.74 Å². The Morgan fingerprint density at radius 1 is 1.23 bits per heavy atom. The van der Waals surface area contributed by atoms with Crippen LogP contribution >= 0.6 is 11.8 Å². The van der Waals surface area contributed by atoms with E-state index < -0.39 is 5.60 Å². The molecule has 7 heteroatoms. The van der Waals surface area contributed by atoms with Crippen molar-refractivity contribution in [1.29, 1.82) is 5.26 Å². The Morgan fingerprint density at radius 2 is 1.88 bits per heavy atom. The van der Waals surface area contributed by atoms with Gasteiger partial charge in [0.2, 0.25) is 0 Å². The molecule has 0 saturated heterocycles. The minimum atomic E-state index is -0.538. The van der Waals surface area contributed by atoms with E-state index in [1.165, 1.54) is 4.90 Å². The van der Waals surface area contributed by atoms with Gasteiger partial charge in [-0.1, -0.05) is 6.07 Å². The molecule has 0 N–H and O–H groups in total. The van der Waals surface area contributed by atoms with Crippen LogP contribution in [0.4, 0.5) is 9.59 Å². The summed E-state index contributed by atoms with van der Waals surface area (Å²) in [6, 6.07) is 5.86. The van der Waals surface area contributed by atoms with Crippen molar-refractivity contribution in [3.05, 3.63) is 28.8 Å². The Bertz CT molecular complexity index is 748. The predicted octanol–water partition coefficient (Wildman–Crippen LogP) is 3.67. The van der Waals surface area contributed by atoms with Gasteiger partial charge in [-0.15, -0.1) is 0 Å². The van der Waals surface area contributed by atoms with Crippen LogP contribution < -0.4 is 0 Å². The van der Waals surface area contributed by atoms with Gasteiger partial charge >= 0.3 is 6.09 Å². The molecule has 0 radical (unpaired) electrons. The van der Waals surface area contributed by atoms with Crippen molar-refractivity contribution in [3.8, 4) is 6.07 Å². The van der Waals surface area contributed by atoms with Gasteiger partial charge in [-0.2, -0.15) is 5.26 Å². The third kappa shape index (κ3) is 4.92. The van der Waals surface area contributed by atoms with Gasteiger partial charge in [0.25, 0.3) is 5.24 Å². The third-order valence-corrected chi connectivity index (χ3v) is 5.18. The molecule has 2 amide bonds. The Balaban J connectivity index is 2.27. The van der Waals surface area contributed by atoms with Gasteiger partial charge in [0.15, 0.2) is 0 Å². The smallest absolute Gasteiger partial charge is 0.410 e. The highest BCUT2D eigenvalue weighted by Gasteiger charge is 2.26. The maximum atomic E-state index is 12.4. The normalized spacial score (nSPS) is 14.1. The number of ether oxygens (including phenoxy) is 1. The Morgan fingerprint density at radius 3 is 2.46 bits per heavy atom. The molecule has 1 aliphatic heterocycles. The summed E-state index contributed by atoms with van der Waals surface area (Å²) in [5, 5.41) is 9.31. The van der Waals surface area contributed by atoms with Crippen LogP contribution in [0.2, 0.25) is 0 Å². The molecule has 1 aromatic rings. The van der Waals surface area contributed by atoms with Crippen molar-refractivity contribution >= 4 is 23.1 Å². The molecule has 0 fully saturated rings. The standard InChI is InChI=1S/C19H25N3O3S/c1-19(2,3)25-17(23)22-10-8-13-6-7-14(12-20)16(15(13)9-11-22)26-18(24)21(4)5/h6-7H,8-11H2,1-5H3. The highest BCUT2D eigenvalue weighted by Crippen LogP contribution is 2.33. The molecular formula is C19H25N3O3S. The van der Waals surface area contributed by atoms with E-state index in [0.29, 0.717) is 36.4 Å². The molecule has 1 aliphatic rings. The van der Waals surface area contributed by atoms with E-state index in [0.717, 1.165) is 22.9 Å². The number of carbonyl (C=O) groups excluding carboxylic acids is 2. The molecule has 0 aliphatic carbocycles. The van der Waals surface area contributed by atoms with Crippen molar-refractivity contribution in [2.45, 2.75) is 44.1 Å². The number of benzene rings is 1. The van der Waals surface area contributed by atoms with Crippen molar-refractivity contribution < 1.29 is 14.3 Å². The fourth-order valence-electron chi connectivity index (χ4n) is 2.68. The van der Waals surface area contributed by atoms with E-state index in [-0.39, 0.29) is 11.3 Å². The zero-order chi connectivity index (χ0) is 19.5. The summed E-state index contributed by atoms with van der Waals surface area (Å²) < 4.78 is 5.47. The highest BCUT2D eigenvalue weighted by atomic mass is 32.2. The average molecular weight is 375 g/mol. The van der Waals surface area contributed by atoms with Crippen LogP contribution in [-0.4, -0.2) is 53.9 Å². The van der Waals surface area contributed by atoms with Gasteiger partial charge in [0.1, 0.15) is 11.7 Å². The number of nitriles is 1. The number of nitrogens with zero attached hydrogens (tertiary/aromatic N) is 3. The van der Waals surface area contributed by atoms with Crippen LogP contribution in [0, 0.1) is 11.3 Å². The lowest BCUT2D eigenvalue weighted by molar-refractivity contribution is 0.0258. The fourth-order valence-corrected chi connectivity index (χ4v) is 3.62. The summed E-state index contributed by atoms with van der Waals surface area (Å²) in [4.78, 5) is 28.4. The predicted molar refractivity (Wildman–Crippen MR) is 101 cm³/mol. The summed E-state index contributed by atoms with van der Waals surface area (Å²) in [6.45, 7) is 6.59. The lowest BCUT2D eigenvalue weighted by Gasteiger charge is -2.26. The van der Waals surface area contributed by atoms with E-state index in [2.05, 4.69) is 6.07 Å². The summed E-state index contributed by atoms with van der Waals surface area (Å²) in [5.74, 6) is 0. The zero-order valence-corrected chi connectivity index (χ0v) is 16.8. The molecule has 0 unspecified atom stereocenters. The largest absolute Gasteiger partial charge is 0.444 e. The van der Waals surface area contributed by atoms with Crippen LogP contribution in [0.25, 0.3) is 0 Å². The zero-order valence-electron chi connectivity index (χ0n) is 16.0. The third-order valence-electron chi connectivity index (χ3n) is 3.97. The minimum absolute atomic E-state index is 0.122. The van der Waals surface area contributed by atoms with E-state index in [1.807, 2.05) is 26.8 Å². The van der Waals surface area contributed by atoms with Gasteiger partial charge in [-0.3, -0.25) is 4.79 Å². The van der Waals surface area contributed by atoms with E-state index in [9.17, 15) is 14.9 Å². The second kappa shape index (κ2) is 8.00. The molecule has 0 saturated carbocycles. The number of rotatable bonds is 1. The molecule has 0 atom stereocenters. The van der Waals surface area contributed by atoms with Crippen molar-refractivity contribution in [2.75, 3.05) is 27.2 Å². The molecule has 26 heavy (non-hydrogen) atoms. The molecule has 0 aromatic heterocycles. The number of carbonyl (C=O) groups is 2. The average Bonchev–Trinajstić information content (AvgIpc) is 2.76. The Hall–Kier alpha value is -2.20. The minimum Gasteiger partial charge on any atom is -0.444 e. The molecule has 140 valence electrons. The van der Waals surface area contributed by atoms with E-state index in [1.54, 1.807) is 25.1 Å². The van der Waals surface area contributed by atoms with E-state index >= 15 is 0 Å². The SMILES string of the molecule is CN(C)C(=O)Sc1c(C#N)ccc2c1CCN(C(=O)OC(C)(C)C)CC2. The second-order valence-corrected chi connectivity index (χ2v) is 8.38. The summed E-state index contributed by atoms with van der Waals surface area (Å²) >= 11 is 1.08. The number of fused-ring (bicyclic) bond motifs is 1. The number of hydrogen-bond donors (Lipinski definition) is 0. The van der Waals surface area contributed by atoms with Crippen molar-refractivity contribution in [1.82, 2.24) is 9.80 Å². The van der Waals surface area contributed by atoms with Crippen LogP contribution in [0.3, 0.4) is 0 Å². The van der Waals surface area contributed by atoms with Gasteiger partial charge < -0.3 is 14.5 Å². The quantitative estimate of drug-likeness (QED) is 0.700. The first-order valence-corrected chi connectivity index (χ1v) is 9.36. The van der Waals surface area contributed by atoms with Crippen LogP contribution in [0.1, 0.15) is 37.5 Å². The maximum absolute atomic E-state index is 12.4. The monoisotopic (exact) mass is 375 g/mol.